The van der Waals surface area contributed by atoms with Crippen LogP contribution in [0, 0.1) is 17.8 Å². The Morgan fingerprint density at radius 1 is 1.03 bits per heavy atom. The van der Waals surface area contributed by atoms with E-state index in [1.54, 1.807) is 30.3 Å². The van der Waals surface area contributed by atoms with Crippen molar-refractivity contribution in [2.75, 3.05) is 12.0 Å². The molecule has 3 unspecified atom stereocenters. The van der Waals surface area contributed by atoms with Gasteiger partial charge in [0.1, 0.15) is 11.9 Å². The van der Waals surface area contributed by atoms with Crippen LogP contribution in [0.2, 0.25) is 0 Å². The molecular formula is C26H29NO5. The van der Waals surface area contributed by atoms with Gasteiger partial charge in [0.05, 0.1) is 29.5 Å². The van der Waals surface area contributed by atoms with Crippen molar-refractivity contribution in [1.82, 2.24) is 0 Å². The Hall–Kier alpha value is -3.15. The summed E-state index contributed by atoms with van der Waals surface area (Å²) in [5.74, 6) is 0.325. The second-order valence-electron chi connectivity index (χ2n) is 9.15. The van der Waals surface area contributed by atoms with Crippen molar-refractivity contribution in [3.05, 3.63) is 59.2 Å². The van der Waals surface area contributed by atoms with Gasteiger partial charge in [-0.2, -0.15) is 0 Å². The highest BCUT2D eigenvalue weighted by Crippen LogP contribution is 2.37. The average molecular weight is 436 g/mol. The minimum atomic E-state index is -0.476. The first-order valence-electron chi connectivity index (χ1n) is 11.2. The second-order valence-corrected chi connectivity index (χ2v) is 9.15. The van der Waals surface area contributed by atoms with Crippen molar-refractivity contribution in [2.24, 2.45) is 17.8 Å². The minimum absolute atomic E-state index is 0.137. The Morgan fingerprint density at radius 3 is 2.47 bits per heavy atom. The Morgan fingerprint density at radius 2 is 1.75 bits per heavy atom. The fraction of sp³-hybridized carbons (Fsp3) is 0.423. The lowest BCUT2D eigenvalue weighted by molar-refractivity contribution is -0.0174. The molecule has 168 valence electrons. The lowest BCUT2D eigenvalue weighted by atomic mass is 9.75. The summed E-state index contributed by atoms with van der Waals surface area (Å²) in [5, 5.41) is 0. The Balaban J connectivity index is 1.59. The van der Waals surface area contributed by atoms with Crippen molar-refractivity contribution in [3.8, 4) is 5.75 Å². The number of fused-ring (bicyclic) bond motifs is 1. The zero-order valence-corrected chi connectivity index (χ0v) is 19.0. The highest BCUT2D eigenvalue weighted by atomic mass is 16.5. The third kappa shape index (κ3) is 3.90. The summed E-state index contributed by atoms with van der Waals surface area (Å²) < 4.78 is 11.2. The lowest BCUT2D eigenvalue weighted by Gasteiger charge is -2.36. The van der Waals surface area contributed by atoms with Gasteiger partial charge < -0.3 is 9.47 Å². The molecule has 2 amide bonds. The van der Waals surface area contributed by atoms with Gasteiger partial charge in [-0.05, 0) is 60.9 Å². The molecule has 1 fully saturated rings. The van der Waals surface area contributed by atoms with E-state index >= 15 is 0 Å². The molecule has 1 aliphatic carbocycles. The Kier molecular flexibility index (Phi) is 6.04. The van der Waals surface area contributed by atoms with Gasteiger partial charge in [-0.1, -0.05) is 39.3 Å². The number of imide groups is 1. The Labute approximate surface area is 188 Å². The molecule has 4 rings (SSSR count). The van der Waals surface area contributed by atoms with Gasteiger partial charge in [0.2, 0.25) is 0 Å². The molecule has 2 aromatic carbocycles. The molecule has 1 aliphatic heterocycles. The molecule has 2 aromatic rings. The summed E-state index contributed by atoms with van der Waals surface area (Å²) in [6.45, 7) is 6.50. The molecule has 0 N–H and O–H groups in total. The van der Waals surface area contributed by atoms with E-state index in [9.17, 15) is 14.4 Å². The van der Waals surface area contributed by atoms with Gasteiger partial charge in [-0.15, -0.1) is 0 Å². The molecule has 2 aliphatic rings. The van der Waals surface area contributed by atoms with Gasteiger partial charge in [-0.3, -0.25) is 9.59 Å². The number of methoxy groups -OCH3 is 1. The summed E-state index contributed by atoms with van der Waals surface area (Å²) >= 11 is 0. The van der Waals surface area contributed by atoms with E-state index in [4.69, 9.17) is 9.47 Å². The van der Waals surface area contributed by atoms with Crippen LogP contribution in [0.15, 0.2) is 42.5 Å². The molecule has 1 heterocycles. The number of benzene rings is 2. The quantitative estimate of drug-likeness (QED) is 0.482. The van der Waals surface area contributed by atoms with Crippen molar-refractivity contribution < 1.29 is 23.9 Å². The smallest absolute Gasteiger partial charge is 0.338 e. The van der Waals surface area contributed by atoms with Gasteiger partial charge in [-0.25, -0.2) is 9.69 Å². The number of esters is 1. The van der Waals surface area contributed by atoms with Crippen LogP contribution in [0.25, 0.3) is 0 Å². The van der Waals surface area contributed by atoms with E-state index < -0.39 is 17.8 Å². The molecule has 0 aromatic heterocycles. The second kappa shape index (κ2) is 8.77. The van der Waals surface area contributed by atoms with E-state index in [1.807, 2.05) is 0 Å². The van der Waals surface area contributed by atoms with E-state index in [2.05, 4.69) is 20.8 Å². The fourth-order valence-corrected chi connectivity index (χ4v) is 4.86. The first-order chi connectivity index (χ1) is 15.3. The van der Waals surface area contributed by atoms with Gasteiger partial charge in [0.15, 0.2) is 0 Å². The molecule has 6 heteroatoms. The molecule has 0 radical (unpaired) electrons. The first-order valence-corrected chi connectivity index (χ1v) is 11.2. The molecular weight excluding hydrogens is 406 g/mol. The summed E-state index contributed by atoms with van der Waals surface area (Å²) in [7, 11) is 1.49. The van der Waals surface area contributed by atoms with Crippen LogP contribution in [0.1, 0.15) is 71.1 Å². The molecule has 3 atom stereocenters. The van der Waals surface area contributed by atoms with Crippen molar-refractivity contribution in [1.29, 1.82) is 0 Å². The maximum Gasteiger partial charge on any atom is 0.338 e. The summed E-state index contributed by atoms with van der Waals surface area (Å²) in [6.07, 6.45) is 2.90. The van der Waals surface area contributed by atoms with Gasteiger partial charge >= 0.3 is 5.97 Å². The maximum absolute atomic E-state index is 13.1. The topological polar surface area (TPSA) is 72.9 Å². The standard InChI is InChI=1S/C26H29NO5/c1-15(2)18-11-9-16(3)13-23(18)32-26(30)17-10-12-19-20(14-17)25(29)27(24(19)28)21-7-5-6-8-22(21)31-4/h5-8,10,12,14-16,18,23H,9,11,13H2,1-4H3. The number of hydrogen-bond donors (Lipinski definition) is 0. The van der Waals surface area contributed by atoms with Crippen molar-refractivity contribution >= 4 is 23.5 Å². The monoisotopic (exact) mass is 435 g/mol. The van der Waals surface area contributed by atoms with E-state index in [1.165, 1.54) is 19.2 Å². The largest absolute Gasteiger partial charge is 0.495 e. The number of carbonyl (C=O) groups is 3. The first kappa shape index (κ1) is 22.1. The summed E-state index contributed by atoms with van der Waals surface area (Å²) in [6, 6.07) is 11.4. The molecule has 0 saturated heterocycles. The molecule has 6 nitrogen and oxygen atoms in total. The third-order valence-corrected chi connectivity index (χ3v) is 6.67. The van der Waals surface area contributed by atoms with Crippen LogP contribution < -0.4 is 9.64 Å². The number of ether oxygens (including phenoxy) is 2. The van der Waals surface area contributed by atoms with Crippen LogP contribution in [-0.4, -0.2) is 31.0 Å². The number of para-hydroxylation sites is 2. The van der Waals surface area contributed by atoms with Crippen LogP contribution in [0.4, 0.5) is 5.69 Å². The maximum atomic E-state index is 13.1. The number of anilines is 1. The van der Waals surface area contributed by atoms with Crippen LogP contribution in [-0.2, 0) is 4.74 Å². The minimum Gasteiger partial charge on any atom is -0.495 e. The number of hydrogen-bond acceptors (Lipinski definition) is 5. The molecule has 32 heavy (non-hydrogen) atoms. The van der Waals surface area contributed by atoms with Crippen molar-refractivity contribution in [3.63, 3.8) is 0 Å². The van der Waals surface area contributed by atoms with E-state index in [-0.39, 0.29) is 22.8 Å². The molecule has 0 spiro atoms. The number of carbonyl (C=O) groups excluding carboxylic acids is 3. The lowest BCUT2D eigenvalue weighted by Crippen LogP contribution is -2.35. The van der Waals surface area contributed by atoms with Gasteiger partial charge in [0.25, 0.3) is 11.8 Å². The summed E-state index contributed by atoms with van der Waals surface area (Å²) in [5.41, 5.74) is 1.13. The van der Waals surface area contributed by atoms with Crippen LogP contribution >= 0.6 is 0 Å². The highest BCUT2D eigenvalue weighted by Gasteiger charge is 2.39. The van der Waals surface area contributed by atoms with Crippen LogP contribution in [0.3, 0.4) is 0 Å². The third-order valence-electron chi connectivity index (χ3n) is 6.67. The normalized spacial score (nSPS) is 22.8. The predicted molar refractivity (Wildman–Crippen MR) is 121 cm³/mol. The van der Waals surface area contributed by atoms with Crippen molar-refractivity contribution in [2.45, 2.75) is 46.1 Å². The van der Waals surface area contributed by atoms with Crippen LogP contribution in [0.5, 0.6) is 5.75 Å². The SMILES string of the molecule is COc1ccccc1N1C(=O)c2ccc(C(=O)OC3CC(C)CCC3C(C)C)cc2C1=O. The number of rotatable bonds is 5. The number of amides is 2. The molecule has 0 bridgehead atoms. The zero-order valence-electron chi connectivity index (χ0n) is 19.0. The summed E-state index contributed by atoms with van der Waals surface area (Å²) in [4.78, 5) is 40.2. The molecule has 1 saturated carbocycles. The van der Waals surface area contributed by atoms with E-state index in [0.29, 0.717) is 29.2 Å². The van der Waals surface area contributed by atoms with Gasteiger partial charge in [0, 0.05) is 0 Å². The fourth-order valence-electron chi connectivity index (χ4n) is 4.86. The Bertz CT molecular complexity index is 1060. The van der Waals surface area contributed by atoms with E-state index in [0.717, 1.165) is 24.2 Å². The number of nitrogens with zero attached hydrogens (tertiary/aromatic N) is 1. The average Bonchev–Trinajstić information content (AvgIpc) is 3.03. The highest BCUT2D eigenvalue weighted by molar-refractivity contribution is 6.35. The zero-order chi connectivity index (χ0) is 23.0. The predicted octanol–water partition coefficient (Wildman–Crippen LogP) is 5.11.